The summed E-state index contributed by atoms with van der Waals surface area (Å²) < 4.78 is 6.52. The van der Waals surface area contributed by atoms with Gasteiger partial charge in [-0.3, -0.25) is 19.6 Å². The highest BCUT2D eigenvalue weighted by Gasteiger charge is 2.22. The minimum atomic E-state index is -0.305. The molecule has 8 nitrogen and oxygen atoms in total. The van der Waals surface area contributed by atoms with Crippen molar-refractivity contribution in [2.75, 3.05) is 4.90 Å². The number of H-pyrrole nitrogens is 1. The summed E-state index contributed by atoms with van der Waals surface area (Å²) in [4.78, 5) is 35.2. The van der Waals surface area contributed by atoms with Gasteiger partial charge < -0.3 is 4.42 Å². The van der Waals surface area contributed by atoms with Gasteiger partial charge >= 0.3 is 0 Å². The molecule has 0 spiro atoms. The number of carbonyl (C=O) groups is 1. The summed E-state index contributed by atoms with van der Waals surface area (Å²) in [5, 5.41) is 2.91. The van der Waals surface area contributed by atoms with Gasteiger partial charge in [0.25, 0.3) is 17.2 Å². The van der Waals surface area contributed by atoms with Crippen LogP contribution in [-0.4, -0.2) is 25.5 Å². The highest BCUT2D eigenvalue weighted by molar-refractivity contribution is 6.04. The molecule has 1 amide bonds. The van der Waals surface area contributed by atoms with Gasteiger partial charge in [0.1, 0.15) is 5.82 Å². The Hall–Kier alpha value is -3.68. The minimum Gasteiger partial charge on any atom is -0.459 e. The minimum absolute atomic E-state index is 0.129. The maximum absolute atomic E-state index is 12.9. The van der Waals surface area contributed by atoms with Crippen LogP contribution < -0.4 is 10.5 Å². The van der Waals surface area contributed by atoms with Crippen molar-refractivity contribution in [3.05, 3.63) is 81.9 Å². The molecule has 0 aliphatic rings. The highest BCUT2D eigenvalue weighted by atomic mass is 16.3. The number of hydrogen-bond acceptors (Lipinski definition) is 5. The van der Waals surface area contributed by atoms with Gasteiger partial charge in [-0.15, -0.1) is 0 Å². The summed E-state index contributed by atoms with van der Waals surface area (Å²) in [6.07, 6.45) is 1.45. The number of rotatable bonds is 4. The van der Waals surface area contributed by atoms with Crippen LogP contribution in [0.3, 0.4) is 0 Å². The van der Waals surface area contributed by atoms with E-state index < -0.39 is 0 Å². The Morgan fingerprint density at radius 2 is 1.96 bits per heavy atom. The average molecular weight is 363 g/mol. The maximum Gasteiger partial charge on any atom is 0.294 e. The van der Waals surface area contributed by atoms with E-state index in [2.05, 4.69) is 15.1 Å². The molecule has 0 unspecified atom stereocenters. The van der Waals surface area contributed by atoms with Crippen molar-refractivity contribution in [3.63, 3.8) is 0 Å². The van der Waals surface area contributed by atoms with E-state index in [0.717, 1.165) is 5.56 Å². The molecule has 3 heterocycles. The molecular weight excluding hydrogens is 346 g/mol. The number of aromatic nitrogens is 4. The Bertz CT molecular complexity index is 1160. The summed E-state index contributed by atoms with van der Waals surface area (Å²) in [7, 11) is 0. The molecule has 136 valence electrons. The number of aryl methyl sites for hydroxylation is 2. The second-order valence-electron chi connectivity index (χ2n) is 6.25. The van der Waals surface area contributed by atoms with Gasteiger partial charge in [0, 0.05) is 17.4 Å². The average Bonchev–Trinajstić information content (AvgIpc) is 3.29. The van der Waals surface area contributed by atoms with Crippen LogP contribution in [0.15, 0.2) is 57.9 Å². The summed E-state index contributed by atoms with van der Waals surface area (Å²) in [6.45, 7) is 3.83. The topological polar surface area (TPSA) is 96.5 Å². The smallest absolute Gasteiger partial charge is 0.294 e. The maximum atomic E-state index is 12.9. The van der Waals surface area contributed by atoms with Crippen LogP contribution in [0.5, 0.6) is 0 Å². The van der Waals surface area contributed by atoms with Gasteiger partial charge in [-0.25, -0.2) is 4.98 Å². The number of nitrogens with one attached hydrogen (secondary N) is 1. The molecule has 1 N–H and O–H groups in total. The molecule has 3 aromatic heterocycles. The van der Waals surface area contributed by atoms with Crippen molar-refractivity contribution in [1.29, 1.82) is 0 Å². The van der Waals surface area contributed by atoms with E-state index in [1.165, 1.54) is 21.7 Å². The van der Waals surface area contributed by atoms with Crippen LogP contribution in [0.4, 0.5) is 5.69 Å². The third-order valence-electron chi connectivity index (χ3n) is 4.14. The Morgan fingerprint density at radius 1 is 1.19 bits per heavy atom. The van der Waals surface area contributed by atoms with E-state index in [-0.39, 0.29) is 29.5 Å². The molecular formula is C19H17N5O3. The standard InChI is InChI=1S/C19H17N5O3/c1-12-5-7-14(8-6-12)23(18(26)15-4-3-9-27-15)11-16-21-19-20-13(2)10-17(25)24(19)22-16/h3-10H,11H2,1-2H3,(H,20,21,22). The molecule has 4 aromatic rings. The summed E-state index contributed by atoms with van der Waals surface area (Å²) in [6, 6.07) is 12.2. The predicted molar refractivity (Wildman–Crippen MR) is 98.7 cm³/mol. The van der Waals surface area contributed by atoms with Crippen LogP contribution in [0.1, 0.15) is 27.6 Å². The second-order valence-corrected chi connectivity index (χ2v) is 6.25. The van der Waals surface area contributed by atoms with Gasteiger partial charge in [-0.05, 0) is 38.1 Å². The van der Waals surface area contributed by atoms with Crippen LogP contribution >= 0.6 is 0 Å². The third-order valence-corrected chi connectivity index (χ3v) is 4.14. The fraction of sp³-hybridized carbons (Fsp3) is 0.158. The zero-order chi connectivity index (χ0) is 19.0. The van der Waals surface area contributed by atoms with Crippen molar-refractivity contribution >= 4 is 17.4 Å². The van der Waals surface area contributed by atoms with Crippen molar-refractivity contribution in [2.45, 2.75) is 20.4 Å². The van der Waals surface area contributed by atoms with Crippen LogP contribution in [0.25, 0.3) is 5.78 Å². The first-order valence-corrected chi connectivity index (χ1v) is 8.38. The number of carbonyl (C=O) groups excluding carboxylic acids is 1. The molecule has 0 radical (unpaired) electrons. The lowest BCUT2D eigenvalue weighted by Crippen LogP contribution is -2.30. The number of anilines is 1. The zero-order valence-electron chi connectivity index (χ0n) is 14.8. The molecule has 4 rings (SSSR count). The fourth-order valence-corrected chi connectivity index (χ4v) is 2.80. The third kappa shape index (κ3) is 3.24. The van der Waals surface area contributed by atoms with E-state index in [9.17, 15) is 9.59 Å². The molecule has 0 fully saturated rings. The fourth-order valence-electron chi connectivity index (χ4n) is 2.80. The Balaban J connectivity index is 1.75. The lowest BCUT2D eigenvalue weighted by Gasteiger charge is -2.20. The predicted octanol–water partition coefficient (Wildman–Crippen LogP) is 2.47. The van der Waals surface area contributed by atoms with E-state index in [1.54, 1.807) is 19.1 Å². The first-order valence-electron chi connectivity index (χ1n) is 8.38. The molecule has 27 heavy (non-hydrogen) atoms. The van der Waals surface area contributed by atoms with Gasteiger partial charge in [-0.2, -0.15) is 9.50 Å². The van der Waals surface area contributed by atoms with E-state index in [4.69, 9.17) is 4.42 Å². The second kappa shape index (κ2) is 6.56. The quantitative estimate of drug-likeness (QED) is 0.601. The number of amides is 1. The van der Waals surface area contributed by atoms with Crippen LogP contribution in [-0.2, 0) is 6.54 Å². The lowest BCUT2D eigenvalue weighted by molar-refractivity contribution is 0.0957. The van der Waals surface area contributed by atoms with Crippen molar-refractivity contribution in [1.82, 2.24) is 19.6 Å². The lowest BCUT2D eigenvalue weighted by atomic mass is 10.2. The van der Waals surface area contributed by atoms with Gasteiger partial charge in [0.2, 0.25) is 0 Å². The molecule has 8 heteroatoms. The molecule has 0 saturated carbocycles. The van der Waals surface area contributed by atoms with Gasteiger partial charge in [0.05, 0.1) is 12.8 Å². The Kier molecular flexibility index (Phi) is 4.08. The first-order chi connectivity index (χ1) is 13.0. The largest absolute Gasteiger partial charge is 0.459 e. The number of nitrogens with zero attached hydrogens (tertiary/aromatic N) is 4. The number of benzene rings is 1. The normalized spacial score (nSPS) is 11.0. The number of hydrogen-bond donors (Lipinski definition) is 1. The van der Waals surface area contributed by atoms with Crippen LogP contribution in [0.2, 0.25) is 0 Å². The molecule has 0 aliphatic heterocycles. The van der Waals surface area contributed by atoms with Crippen molar-refractivity contribution < 1.29 is 9.21 Å². The van der Waals surface area contributed by atoms with Crippen molar-refractivity contribution in [2.24, 2.45) is 0 Å². The monoisotopic (exact) mass is 363 g/mol. The summed E-state index contributed by atoms with van der Waals surface area (Å²) in [5.74, 6) is 0.619. The number of fused-ring (bicyclic) bond motifs is 1. The summed E-state index contributed by atoms with van der Waals surface area (Å²) in [5.41, 5.74) is 2.11. The number of aromatic amines is 1. The van der Waals surface area contributed by atoms with Gasteiger partial charge in [-0.1, -0.05) is 17.7 Å². The highest BCUT2D eigenvalue weighted by Crippen LogP contribution is 2.20. The van der Waals surface area contributed by atoms with E-state index in [1.807, 2.05) is 31.2 Å². The molecule has 1 aromatic carbocycles. The molecule has 0 saturated heterocycles. The van der Waals surface area contributed by atoms with E-state index >= 15 is 0 Å². The Labute approximate surface area is 154 Å². The molecule has 0 aliphatic carbocycles. The first kappa shape index (κ1) is 16.8. The van der Waals surface area contributed by atoms with E-state index in [0.29, 0.717) is 17.2 Å². The molecule has 0 bridgehead atoms. The zero-order valence-corrected chi connectivity index (χ0v) is 14.8. The van der Waals surface area contributed by atoms with Crippen LogP contribution in [0, 0.1) is 13.8 Å². The molecule has 0 atom stereocenters. The van der Waals surface area contributed by atoms with Gasteiger partial charge in [0.15, 0.2) is 5.76 Å². The SMILES string of the molecule is Cc1ccc(N(Cc2nc3nc(C)cc(=O)n3[nH]2)C(=O)c2ccco2)cc1. The number of furan rings is 1. The van der Waals surface area contributed by atoms with Crippen molar-refractivity contribution in [3.8, 4) is 0 Å². The summed E-state index contributed by atoms with van der Waals surface area (Å²) >= 11 is 0. The Morgan fingerprint density at radius 3 is 2.67 bits per heavy atom.